The Morgan fingerprint density at radius 2 is 2.26 bits per heavy atom. The minimum atomic E-state index is -0.411. The van der Waals surface area contributed by atoms with E-state index in [2.05, 4.69) is 10.3 Å². The average molecular weight is 341 g/mol. The fraction of sp³-hybridized carbons (Fsp3) is 0.625. The SMILES string of the molecule is O=C(NC1COCCC1OCC1CCC1)c1c[nH]c(=O)c(Cl)c1. The Balaban J connectivity index is 1.59. The lowest BCUT2D eigenvalue weighted by Crippen LogP contribution is -2.51. The maximum absolute atomic E-state index is 12.3. The summed E-state index contributed by atoms with van der Waals surface area (Å²) in [5, 5.41) is 2.92. The van der Waals surface area contributed by atoms with Crippen LogP contribution in [0.15, 0.2) is 17.1 Å². The smallest absolute Gasteiger partial charge is 0.266 e. The van der Waals surface area contributed by atoms with Gasteiger partial charge in [0, 0.05) is 19.4 Å². The third-order valence-corrected chi connectivity index (χ3v) is 4.78. The molecule has 3 rings (SSSR count). The molecule has 6 nitrogen and oxygen atoms in total. The second-order valence-electron chi connectivity index (χ2n) is 6.18. The summed E-state index contributed by atoms with van der Waals surface area (Å²) < 4.78 is 11.5. The van der Waals surface area contributed by atoms with Crippen molar-refractivity contribution in [2.45, 2.75) is 37.8 Å². The van der Waals surface area contributed by atoms with Crippen molar-refractivity contribution in [1.82, 2.24) is 10.3 Å². The first-order valence-electron chi connectivity index (χ1n) is 8.02. The molecule has 1 aromatic rings. The normalized spacial score (nSPS) is 24.9. The van der Waals surface area contributed by atoms with E-state index in [1.807, 2.05) is 0 Å². The summed E-state index contributed by atoms with van der Waals surface area (Å²) in [7, 11) is 0. The molecule has 2 N–H and O–H groups in total. The molecule has 2 unspecified atom stereocenters. The summed E-state index contributed by atoms with van der Waals surface area (Å²) in [5.74, 6) is 0.364. The largest absolute Gasteiger partial charge is 0.379 e. The van der Waals surface area contributed by atoms with E-state index >= 15 is 0 Å². The first-order chi connectivity index (χ1) is 11.1. The lowest BCUT2D eigenvalue weighted by atomic mass is 9.86. The van der Waals surface area contributed by atoms with E-state index in [0.29, 0.717) is 24.7 Å². The van der Waals surface area contributed by atoms with Crippen molar-refractivity contribution < 1.29 is 14.3 Å². The van der Waals surface area contributed by atoms with Gasteiger partial charge in [-0.3, -0.25) is 9.59 Å². The molecule has 0 aromatic carbocycles. The molecule has 1 saturated heterocycles. The number of rotatable bonds is 5. The summed E-state index contributed by atoms with van der Waals surface area (Å²) in [6.07, 6.45) is 5.84. The van der Waals surface area contributed by atoms with Crippen molar-refractivity contribution >= 4 is 17.5 Å². The summed E-state index contributed by atoms with van der Waals surface area (Å²) >= 11 is 5.76. The number of halogens is 1. The van der Waals surface area contributed by atoms with Gasteiger partial charge in [0.2, 0.25) is 0 Å². The molecule has 0 radical (unpaired) electrons. The molecule has 2 atom stereocenters. The van der Waals surface area contributed by atoms with Crippen LogP contribution < -0.4 is 10.9 Å². The van der Waals surface area contributed by atoms with Gasteiger partial charge in [-0.25, -0.2) is 0 Å². The van der Waals surface area contributed by atoms with Crippen LogP contribution in [-0.2, 0) is 9.47 Å². The Morgan fingerprint density at radius 1 is 1.43 bits per heavy atom. The molecule has 23 heavy (non-hydrogen) atoms. The minimum Gasteiger partial charge on any atom is -0.379 e. The third kappa shape index (κ3) is 4.13. The Labute approximate surface area is 139 Å². The van der Waals surface area contributed by atoms with Gasteiger partial charge in [-0.2, -0.15) is 0 Å². The van der Waals surface area contributed by atoms with E-state index in [-0.39, 0.29) is 23.1 Å². The predicted molar refractivity (Wildman–Crippen MR) is 85.8 cm³/mol. The standard InChI is InChI=1S/C16H21ClN2O4/c17-12-6-11(7-18-16(12)21)15(20)19-13-9-22-5-4-14(13)23-8-10-2-1-3-10/h6-7,10,13-14H,1-5,8-9H2,(H,18,21)(H,19,20). The van der Waals surface area contributed by atoms with E-state index in [1.54, 1.807) is 0 Å². The number of pyridine rings is 1. The van der Waals surface area contributed by atoms with E-state index in [1.165, 1.54) is 31.5 Å². The first-order valence-corrected chi connectivity index (χ1v) is 8.39. The van der Waals surface area contributed by atoms with Crippen molar-refractivity contribution in [3.8, 4) is 0 Å². The Morgan fingerprint density at radius 3 is 2.96 bits per heavy atom. The summed E-state index contributed by atoms with van der Waals surface area (Å²) in [5.41, 5.74) is -0.0937. The van der Waals surface area contributed by atoms with Crippen LogP contribution >= 0.6 is 11.6 Å². The molecule has 7 heteroatoms. The van der Waals surface area contributed by atoms with Crippen LogP contribution in [0.2, 0.25) is 5.02 Å². The van der Waals surface area contributed by atoms with Crippen LogP contribution in [-0.4, -0.2) is 42.9 Å². The van der Waals surface area contributed by atoms with Crippen molar-refractivity contribution in [3.63, 3.8) is 0 Å². The zero-order chi connectivity index (χ0) is 16.2. The highest BCUT2D eigenvalue weighted by atomic mass is 35.5. The van der Waals surface area contributed by atoms with Gasteiger partial charge in [-0.05, 0) is 31.2 Å². The van der Waals surface area contributed by atoms with E-state index in [0.717, 1.165) is 13.0 Å². The topological polar surface area (TPSA) is 80.4 Å². The van der Waals surface area contributed by atoms with E-state index in [9.17, 15) is 9.59 Å². The van der Waals surface area contributed by atoms with Gasteiger partial charge >= 0.3 is 0 Å². The number of H-pyrrole nitrogens is 1. The number of carbonyl (C=O) groups excluding carboxylic acids is 1. The average Bonchev–Trinajstić information content (AvgIpc) is 2.50. The number of hydrogen-bond donors (Lipinski definition) is 2. The van der Waals surface area contributed by atoms with Crippen LogP contribution in [0.4, 0.5) is 0 Å². The van der Waals surface area contributed by atoms with Gasteiger partial charge < -0.3 is 19.8 Å². The second-order valence-corrected chi connectivity index (χ2v) is 6.58. The maximum Gasteiger partial charge on any atom is 0.266 e. The van der Waals surface area contributed by atoms with Crippen LogP contribution in [0.3, 0.4) is 0 Å². The number of aromatic amines is 1. The molecule has 1 aromatic heterocycles. The van der Waals surface area contributed by atoms with Crippen LogP contribution in [0.5, 0.6) is 0 Å². The highest BCUT2D eigenvalue weighted by Crippen LogP contribution is 2.27. The first kappa shape index (κ1) is 16.5. The van der Waals surface area contributed by atoms with Crippen LogP contribution in [0.1, 0.15) is 36.0 Å². The number of amides is 1. The molecule has 0 spiro atoms. The monoisotopic (exact) mass is 340 g/mol. The zero-order valence-corrected chi connectivity index (χ0v) is 13.6. The molecule has 2 fully saturated rings. The van der Waals surface area contributed by atoms with E-state index < -0.39 is 5.56 Å². The summed E-state index contributed by atoms with van der Waals surface area (Å²) in [6.45, 7) is 1.83. The molecule has 0 bridgehead atoms. The van der Waals surface area contributed by atoms with Crippen molar-refractivity contribution in [2.75, 3.05) is 19.8 Å². The lowest BCUT2D eigenvalue weighted by molar-refractivity contribution is -0.0696. The quantitative estimate of drug-likeness (QED) is 0.855. The van der Waals surface area contributed by atoms with Crippen molar-refractivity contribution in [2.24, 2.45) is 5.92 Å². The molecule has 1 aliphatic carbocycles. The molecule has 126 valence electrons. The second kappa shape index (κ2) is 7.47. The molecule has 1 aliphatic heterocycles. The Hall–Kier alpha value is -1.37. The molecular weight excluding hydrogens is 320 g/mol. The number of ether oxygens (including phenoxy) is 2. The summed E-state index contributed by atoms with van der Waals surface area (Å²) in [6, 6.07) is 1.17. The van der Waals surface area contributed by atoms with Gasteiger partial charge in [0.15, 0.2) is 0 Å². The minimum absolute atomic E-state index is 0.00433. The fourth-order valence-corrected chi connectivity index (χ4v) is 2.98. The maximum atomic E-state index is 12.3. The Bertz CT molecular complexity index is 614. The lowest BCUT2D eigenvalue weighted by Gasteiger charge is -2.34. The Kier molecular flexibility index (Phi) is 5.35. The number of carbonyl (C=O) groups is 1. The molecule has 2 aliphatic rings. The molecular formula is C16H21ClN2O4. The zero-order valence-electron chi connectivity index (χ0n) is 12.8. The molecule has 2 heterocycles. The van der Waals surface area contributed by atoms with Crippen LogP contribution in [0.25, 0.3) is 0 Å². The van der Waals surface area contributed by atoms with Gasteiger partial charge in [0.25, 0.3) is 11.5 Å². The number of hydrogen-bond acceptors (Lipinski definition) is 4. The number of aromatic nitrogens is 1. The van der Waals surface area contributed by atoms with Crippen molar-refractivity contribution in [3.05, 3.63) is 33.2 Å². The highest BCUT2D eigenvalue weighted by molar-refractivity contribution is 6.30. The highest BCUT2D eigenvalue weighted by Gasteiger charge is 2.30. The van der Waals surface area contributed by atoms with Crippen molar-refractivity contribution in [1.29, 1.82) is 0 Å². The van der Waals surface area contributed by atoms with Gasteiger partial charge in [0.1, 0.15) is 5.02 Å². The van der Waals surface area contributed by atoms with E-state index in [4.69, 9.17) is 21.1 Å². The van der Waals surface area contributed by atoms with Gasteiger partial charge in [-0.15, -0.1) is 0 Å². The van der Waals surface area contributed by atoms with Gasteiger partial charge in [0.05, 0.1) is 24.3 Å². The molecule has 1 saturated carbocycles. The fourth-order valence-electron chi connectivity index (χ4n) is 2.81. The third-order valence-electron chi connectivity index (χ3n) is 4.50. The predicted octanol–water partition coefficient (Wildman–Crippen LogP) is 1.73. The summed E-state index contributed by atoms with van der Waals surface area (Å²) in [4.78, 5) is 26.0. The van der Waals surface area contributed by atoms with Crippen LogP contribution in [0, 0.1) is 5.92 Å². The molecule has 1 amide bonds. The number of nitrogens with one attached hydrogen (secondary N) is 2. The van der Waals surface area contributed by atoms with Gasteiger partial charge in [-0.1, -0.05) is 18.0 Å².